The molecule has 12 heteroatoms. The average molecular weight is 633 g/mol. The second kappa shape index (κ2) is 15.2. The molecule has 1 atom stereocenters. The van der Waals surface area contributed by atoms with Crippen LogP contribution in [-0.4, -0.2) is 51.0 Å². The molecule has 3 rings (SSSR count). The molecule has 0 aliphatic carbocycles. The number of ether oxygens (including phenoxy) is 2. The molecule has 0 spiro atoms. The van der Waals surface area contributed by atoms with E-state index in [2.05, 4.69) is 0 Å². The Morgan fingerprint density at radius 1 is 1.07 bits per heavy atom. The number of sulfonamides is 1. The SMILES string of the molecule is CCCCOC(=O)NS(=O)(=O)c1sc(CC(C)C)cc1-c1ccc(CN(C(=O)c2ccco2)[C@H](C(=O)OC)C(C)C)cc1. The predicted octanol–water partition coefficient (Wildman–Crippen LogP) is 6.26. The number of hydrogen-bond acceptors (Lipinski definition) is 9. The lowest BCUT2D eigenvalue weighted by atomic mass is 10.00. The van der Waals surface area contributed by atoms with Crippen molar-refractivity contribution in [3.8, 4) is 11.1 Å². The van der Waals surface area contributed by atoms with Gasteiger partial charge in [-0.1, -0.05) is 65.3 Å². The van der Waals surface area contributed by atoms with Crippen molar-refractivity contribution in [2.45, 2.75) is 70.7 Å². The van der Waals surface area contributed by atoms with Gasteiger partial charge in [-0.15, -0.1) is 11.3 Å². The van der Waals surface area contributed by atoms with E-state index in [-0.39, 0.29) is 35.0 Å². The van der Waals surface area contributed by atoms with Gasteiger partial charge in [-0.05, 0) is 54.0 Å². The molecular formula is C31H40N2O8S2. The summed E-state index contributed by atoms with van der Waals surface area (Å²) in [5.74, 6) is -0.863. The number of benzene rings is 1. The Morgan fingerprint density at radius 3 is 2.33 bits per heavy atom. The zero-order valence-corrected chi connectivity index (χ0v) is 27.0. The predicted molar refractivity (Wildman–Crippen MR) is 164 cm³/mol. The fourth-order valence-electron chi connectivity index (χ4n) is 4.53. The first-order chi connectivity index (χ1) is 20.4. The Labute approximate surface area is 257 Å². The smallest absolute Gasteiger partial charge is 0.421 e. The fourth-order valence-corrected chi connectivity index (χ4v) is 7.37. The van der Waals surface area contributed by atoms with Crippen molar-refractivity contribution in [1.82, 2.24) is 9.62 Å². The summed E-state index contributed by atoms with van der Waals surface area (Å²) in [7, 11) is -2.93. The van der Waals surface area contributed by atoms with Crippen molar-refractivity contribution >= 4 is 39.3 Å². The van der Waals surface area contributed by atoms with E-state index in [0.29, 0.717) is 29.5 Å². The van der Waals surface area contributed by atoms with Crippen molar-refractivity contribution in [1.29, 1.82) is 0 Å². The number of furan rings is 1. The van der Waals surface area contributed by atoms with Gasteiger partial charge in [0.1, 0.15) is 10.3 Å². The van der Waals surface area contributed by atoms with E-state index in [4.69, 9.17) is 13.9 Å². The van der Waals surface area contributed by atoms with Crippen molar-refractivity contribution in [2.24, 2.45) is 11.8 Å². The second-order valence-corrected chi connectivity index (χ2v) is 13.9. The Morgan fingerprint density at radius 2 is 1.77 bits per heavy atom. The molecule has 2 amide bonds. The quantitative estimate of drug-likeness (QED) is 0.163. The molecule has 0 saturated heterocycles. The number of hydrogen-bond donors (Lipinski definition) is 1. The van der Waals surface area contributed by atoms with Gasteiger partial charge >= 0.3 is 12.1 Å². The number of nitrogens with zero attached hydrogens (tertiary/aromatic N) is 1. The van der Waals surface area contributed by atoms with Crippen LogP contribution in [0.5, 0.6) is 0 Å². The molecule has 2 heterocycles. The van der Waals surface area contributed by atoms with Crippen LogP contribution in [0.4, 0.5) is 4.79 Å². The van der Waals surface area contributed by atoms with Crippen LogP contribution in [0, 0.1) is 11.8 Å². The Balaban J connectivity index is 1.95. The minimum Gasteiger partial charge on any atom is -0.467 e. The lowest BCUT2D eigenvalue weighted by Gasteiger charge is -2.32. The first-order valence-corrected chi connectivity index (χ1v) is 16.5. The van der Waals surface area contributed by atoms with Gasteiger partial charge in [0, 0.05) is 17.0 Å². The molecule has 0 aliphatic rings. The van der Waals surface area contributed by atoms with Crippen molar-refractivity contribution in [2.75, 3.05) is 13.7 Å². The van der Waals surface area contributed by atoms with Gasteiger partial charge in [-0.3, -0.25) is 4.79 Å². The third-order valence-electron chi connectivity index (χ3n) is 6.57. The van der Waals surface area contributed by atoms with Crippen LogP contribution in [0.1, 0.15) is 68.5 Å². The van der Waals surface area contributed by atoms with Gasteiger partial charge in [-0.2, -0.15) is 0 Å². The molecule has 1 aromatic carbocycles. The largest absolute Gasteiger partial charge is 0.467 e. The highest BCUT2D eigenvalue weighted by Crippen LogP contribution is 2.36. The van der Waals surface area contributed by atoms with E-state index in [1.807, 2.05) is 45.4 Å². The van der Waals surface area contributed by atoms with Gasteiger partial charge in [-0.25, -0.2) is 22.7 Å². The summed E-state index contributed by atoms with van der Waals surface area (Å²) >= 11 is 1.12. The van der Waals surface area contributed by atoms with Gasteiger partial charge < -0.3 is 18.8 Å². The molecule has 10 nitrogen and oxygen atoms in total. The standard InChI is InChI=1S/C31H40N2O8S2/c1-7-8-15-41-31(36)32-43(37,38)30-25(18-24(42-30)17-20(2)3)23-13-11-22(12-14-23)19-33(27(21(4)5)29(35)39-6)28(34)26-10-9-16-40-26/h9-14,16,18,20-21,27H,7-8,15,17,19H2,1-6H3,(H,32,36)/t27-/m0/s1. The Kier molecular flexibility index (Phi) is 12.0. The van der Waals surface area contributed by atoms with Crippen LogP contribution in [0.25, 0.3) is 11.1 Å². The van der Waals surface area contributed by atoms with E-state index < -0.39 is 34.0 Å². The topological polar surface area (TPSA) is 132 Å². The number of esters is 1. The summed E-state index contributed by atoms with van der Waals surface area (Å²) in [6.07, 6.45) is 2.48. The lowest BCUT2D eigenvalue weighted by Crippen LogP contribution is -2.48. The normalized spacial score (nSPS) is 12.3. The van der Waals surface area contributed by atoms with Crippen LogP contribution in [0.15, 0.2) is 57.4 Å². The van der Waals surface area contributed by atoms with Gasteiger partial charge in [0.2, 0.25) is 0 Å². The summed E-state index contributed by atoms with van der Waals surface area (Å²) < 4.78 is 44.0. The number of methoxy groups -OCH3 is 1. The van der Waals surface area contributed by atoms with Crippen LogP contribution in [-0.2, 0) is 37.3 Å². The second-order valence-electron chi connectivity index (χ2n) is 10.9. The highest BCUT2D eigenvalue weighted by molar-refractivity contribution is 7.92. The van der Waals surface area contributed by atoms with Crippen LogP contribution in [0.2, 0.25) is 0 Å². The van der Waals surface area contributed by atoms with Crippen molar-refractivity contribution in [3.63, 3.8) is 0 Å². The van der Waals surface area contributed by atoms with E-state index in [9.17, 15) is 22.8 Å². The molecule has 0 saturated carbocycles. The number of nitrogens with one attached hydrogen (secondary N) is 1. The zero-order valence-electron chi connectivity index (χ0n) is 25.4. The summed E-state index contributed by atoms with van der Waals surface area (Å²) in [5.41, 5.74) is 1.78. The molecule has 234 valence electrons. The third-order valence-corrected chi connectivity index (χ3v) is 9.58. The van der Waals surface area contributed by atoms with Crippen LogP contribution < -0.4 is 4.72 Å². The Bertz CT molecular complexity index is 1480. The average Bonchev–Trinajstić information content (AvgIpc) is 3.63. The van der Waals surface area contributed by atoms with Crippen molar-refractivity contribution in [3.05, 3.63) is 64.9 Å². The number of thiophene rings is 1. The van der Waals surface area contributed by atoms with Crippen molar-refractivity contribution < 1.29 is 36.7 Å². The number of rotatable bonds is 14. The van der Waals surface area contributed by atoms with Gasteiger partial charge in [0.15, 0.2) is 5.76 Å². The summed E-state index contributed by atoms with van der Waals surface area (Å²) in [6.45, 7) is 9.88. The van der Waals surface area contributed by atoms with Crippen LogP contribution >= 0.6 is 11.3 Å². The van der Waals surface area contributed by atoms with Crippen LogP contribution in [0.3, 0.4) is 0 Å². The first-order valence-electron chi connectivity index (χ1n) is 14.2. The van der Waals surface area contributed by atoms with E-state index in [0.717, 1.165) is 22.6 Å². The molecule has 0 fully saturated rings. The molecule has 43 heavy (non-hydrogen) atoms. The monoisotopic (exact) mass is 632 g/mol. The van der Waals surface area contributed by atoms with E-state index >= 15 is 0 Å². The maximum absolute atomic E-state index is 13.4. The molecule has 0 radical (unpaired) electrons. The molecular weight excluding hydrogens is 592 g/mol. The molecule has 2 aromatic heterocycles. The molecule has 1 N–H and O–H groups in total. The Hall–Kier alpha value is -3.64. The molecule has 3 aromatic rings. The highest BCUT2D eigenvalue weighted by Gasteiger charge is 2.35. The maximum atomic E-state index is 13.4. The lowest BCUT2D eigenvalue weighted by molar-refractivity contribution is -0.148. The summed E-state index contributed by atoms with van der Waals surface area (Å²) in [6, 6.07) is 11.2. The van der Waals surface area contributed by atoms with E-state index in [1.54, 1.807) is 30.3 Å². The number of amides is 2. The molecule has 0 bridgehead atoms. The third kappa shape index (κ3) is 8.93. The maximum Gasteiger partial charge on any atom is 0.421 e. The summed E-state index contributed by atoms with van der Waals surface area (Å²) in [4.78, 5) is 40.6. The minimum atomic E-state index is -4.21. The molecule has 0 aliphatic heterocycles. The summed E-state index contributed by atoms with van der Waals surface area (Å²) in [5, 5.41) is 0. The van der Waals surface area contributed by atoms with Gasteiger partial charge in [0.25, 0.3) is 15.9 Å². The minimum absolute atomic E-state index is 0.0172. The van der Waals surface area contributed by atoms with E-state index in [1.165, 1.54) is 24.3 Å². The zero-order chi connectivity index (χ0) is 31.7. The highest BCUT2D eigenvalue weighted by atomic mass is 32.2. The fraction of sp³-hybridized carbons (Fsp3) is 0.452. The van der Waals surface area contributed by atoms with Gasteiger partial charge in [0.05, 0.1) is 20.0 Å². The molecule has 0 unspecified atom stereocenters. The number of unbranched alkanes of at least 4 members (excludes halogenated alkanes) is 1. The number of carbonyl (C=O) groups excluding carboxylic acids is 3. The number of carbonyl (C=O) groups is 3. The first kappa shape index (κ1) is 33.9.